The Labute approximate surface area is 202 Å². The van der Waals surface area contributed by atoms with Crippen molar-refractivity contribution in [2.45, 2.75) is 90.4 Å². The maximum absolute atomic E-state index is 3.80. The first-order chi connectivity index (χ1) is 15.3. The van der Waals surface area contributed by atoms with Gasteiger partial charge in [-0.15, -0.1) is 40.6 Å². The quantitative estimate of drug-likeness (QED) is 0.144. The van der Waals surface area contributed by atoms with E-state index in [1.54, 1.807) is 9.75 Å². The van der Waals surface area contributed by atoms with Gasteiger partial charge in [-0.2, -0.15) is 0 Å². The highest BCUT2D eigenvalue weighted by Gasteiger charge is 2.10. The molecule has 0 saturated carbocycles. The van der Waals surface area contributed by atoms with E-state index in [0.717, 1.165) is 0 Å². The van der Waals surface area contributed by atoms with Gasteiger partial charge in [0.2, 0.25) is 0 Å². The van der Waals surface area contributed by atoms with Gasteiger partial charge in [-0.3, -0.25) is 0 Å². The van der Waals surface area contributed by atoms with E-state index < -0.39 is 0 Å². The van der Waals surface area contributed by atoms with E-state index in [2.05, 4.69) is 49.9 Å². The molecule has 0 aliphatic carbocycles. The van der Waals surface area contributed by atoms with Crippen molar-refractivity contribution in [2.75, 3.05) is 0 Å². The van der Waals surface area contributed by atoms with Gasteiger partial charge in [0, 0.05) is 29.3 Å². The topological polar surface area (TPSA) is 0 Å². The van der Waals surface area contributed by atoms with Crippen LogP contribution >= 0.6 is 34.0 Å². The number of thiophene rings is 3. The summed E-state index contributed by atoms with van der Waals surface area (Å²) in [6.07, 6.45) is 19.2. The highest BCUT2D eigenvalue weighted by Crippen LogP contribution is 2.40. The zero-order chi connectivity index (χ0) is 21.7. The second kappa shape index (κ2) is 14.1. The monoisotopic (exact) mass is 470 g/mol. The van der Waals surface area contributed by atoms with Crippen LogP contribution in [0.25, 0.3) is 19.5 Å². The molecule has 3 rings (SSSR count). The van der Waals surface area contributed by atoms with Crippen molar-refractivity contribution in [2.24, 2.45) is 0 Å². The van der Waals surface area contributed by atoms with Crippen LogP contribution in [0.5, 0.6) is 0 Å². The summed E-state index contributed by atoms with van der Waals surface area (Å²) in [6, 6.07) is 14.0. The van der Waals surface area contributed by atoms with Gasteiger partial charge in [-0.05, 0) is 74.9 Å². The molecule has 3 heterocycles. The van der Waals surface area contributed by atoms with Gasteiger partial charge in [0.05, 0.1) is 0 Å². The molecule has 3 heteroatoms. The van der Waals surface area contributed by atoms with Crippen LogP contribution in [0.15, 0.2) is 49.1 Å². The van der Waals surface area contributed by atoms with E-state index >= 15 is 0 Å². The summed E-state index contributed by atoms with van der Waals surface area (Å²) in [6.45, 7) is 6.08. The van der Waals surface area contributed by atoms with Crippen molar-refractivity contribution in [3.63, 3.8) is 0 Å². The van der Waals surface area contributed by atoms with Gasteiger partial charge in [0.15, 0.2) is 0 Å². The molecule has 3 aromatic heterocycles. The average Bonchev–Trinajstić information content (AvgIpc) is 3.53. The van der Waals surface area contributed by atoms with E-state index in [9.17, 15) is 0 Å². The number of aryl methyl sites for hydroxylation is 2. The summed E-state index contributed by atoms with van der Waals surface area (Å²) in [5, 5.41) is 0. The summed E-state index contributed by atoms with van der Waals surface area (Å²) in [7, 11) is 0. The zero-order valence-electron chi connectivity index (χ0n) is 19.2. The van der Waals surface area contributed by atoms with Crippen LogP contribution in [0.2, 0.25) is 0 Å². The van der Waals surface area contributed by atoms with E-state index in [-0.39, 0.29) is 0 Å². The molecule has 0 radical (unpaired) electrons. The Hall–Kier alpha value is -1.16. The summed E-state index contributed by atoms with van der Waals surface area (Å²) >= 11 is 5.93. The zero-order valence-corrected chi connectivity index (χ0v) is 21.6. The van der Waals surface area contributed by atoms with Crippen molar-refractivity contribution in [1.29, 1.82) is 0 Å². The molecular formula is C28H38S3. The van der Waals surface area contributed by atoms with Gasteiger partial charge in [0.25, 0.3) is 0 Å². The Morgan fingerprint density at radius 2 is 1.03 bits per heavy atom. The van der Waals surface area contributed by atoms with Gasteiger partial charge in [0.1, 0.15) is 0 Å². The number of hydrogen-bond acceptors (Lipinski definition) is 3. The fraction of sp³-hybridized carbons (Fsp3) is 0.500. The van der Waals surface area contributed by atoms with E-state index in [4.69, 9.17) is 0 Å². The second-order valence-electron chi connectivity index (χ2n) is 8.46. The molecule has 0 spiro atoms. The van der Waals surface area contributed by atoms with Gasteiger partial charge >= 0.3 is 0 Å². The van der Waals surface area contributed by atoms with E-state index in [0.29, 0.717) is 0 Å². The lowest BCUT2D eigenvalue weighted by atomic mass is 10.1. The molecule has 0 saturated heterocycles. The van der Waals surface area contributed by atoms with Crippen molar-refractivity contribution < 1.29 is 0 Å². The molecular weight excluding hydrogens is 433 g/mol. The SMILES string of the molecule is C=CCCCCCCCCc1ccc(-c2ccc(-c3ccc(CCCCCC)s3)s2)s1. The number of allylic oxidation sites excluding steroid dienone is 1. The summed E-state index contributed by atoms with van der Waals surface area (Å²) in [4.78, 5) is 8.80. The van der Waals surface area contributed by atoms with Crippen LogP contribution in [-0.2, 0) is 12.8 Å². The van der Waals surface area contributed by atoms with Crippen LogP contribution in [0.4, 0.5) is 0 Å². The summed E-state index contributed by atoms with van der Waals surface area (Å²) in [5.74, 6) is 0. The van der Waals surface area contributed by atoms with Crippen molar-refractivity contribution in [3.05, 3.63) is 58.8 Å². The molecule has 0 fully saturated rings. The fourth-order valence-corrected chi connectivity index (χ4v) is 7.20. The molecule has 31 heavy (non-hydrogen) atoms. The Morgan fingerprint density at radius 1 is 0.581 bits per heavy atom. The normalized spacial score (nSPS) is 11.3. The second-order valence-corrected chi connectivity index (χ2v) is 11.9. The summed E-state index contributed by atoms with van der Waals surface area (Å²) < 4.78 is 0. The van der Waals surface area contributed by atoms with Crippen molar-refractivity contribution in [1.82, 2.24) is 0 Å². The predicted octanol–water partition coefficient (Wildman–Crippen LogP) is 10.8. The largest absolute Gasteiger partial charge is 0.139 e. The first-order valence-corrected chi connectivity index (χ1v) is 14.6. The first-order valence-electron chi connectivity index (χ1n) is 12.2. The highest BCUT2D eigenvalue weighted by molar-refractivity contribution is 7.26. The molecule has 0 atom stereocenters. The minimum absolute atomic E-state index is 1.18. The third-order valence-electron chi connectivity index (χ3n) is 5.77. The molecule has 0 aromatic carbocycles. The van der Waals surface area contributed by atoms with Crippen molar-refractivity contribution in [3.8, 4) is 19.5 Å². The number of hydrogen-bond donors (Lipinski definition) is 0. The Balaban J connectivity index is 1.43. The smallest absolute Gasteiger partial charge is 0.0449 e. The van der Waals surface area contributed by atoms with Gasteiger partial charge in [-0.1, -0.05) is 57.9 Å². The van der Waals surface area contributed by atoms with Crippen LogP contribution in [0.1, 0.15) is 87.3 Å². The predicted molar refractivity (Wildman–Crippen MR) is 145 cm³/mol. The van der Waals surface area contributed by atoms with Crippen LogP contribution < -0.4 is 0 Å². The average molecular weight is 471 g/mol. The molecule has 0 amide bonds. The third-order valence-corrected chi connectivity index (χ3v) is 9.54. The van der Waals surface area contributed by atoms with Gasteiger partial charge < -0.3 is 0 Å². The molecule has 168 valence electrons. The van der Waals surface area contributed by atoms with E-state index in [1.807, 2.05) is 40.1 Å². The van der Waals surface area contributed by atoms with Crippen molar-refractivity contribution >= 4 is 34.0 Å². The lowest BCUT2D eigenvalue weighted by Crippen LogP contribution is -1.83. The third kappa shape index (κ3) is 8.36. The highest BCUT2D eigenvalue weighted by atomic mass is 32.1. The first kappa shape index (κ1) is 24.5. The Morgan fingerprint density at radius 3 is 1.58 bits per heavy atom. The number of unbranched alkanes of at least 4 members (excludes halogenated alkanes) is 9. The van der Waals surface area contributed by atoms with Crippen LogP contribution in [0.3, 0.4) is 0 Å². The Kier molecular flexibility index (Phi) is 11.1. The molecule has 0 nitrogen and oxygen atoms in total. The molecule has 0 aliphatic rings. The maximum Gasteiger partial charge on any atom is 0.0449 e. The molecule has 0 bridgehead atoms. The lowest BCUT2D eigenvalue weighted by molar-refractivity contribution is 0.598. The Bertz CT molecular complexity index is 880. The van der Waals surface area contributed by atoms with E-state index in [1.165, 1.54) is 103 Å². The minimum atomic E-state index is 1.18. The summed E-state index contributed by atoms with van der Waals surface area (Å²) in [5.41, 5.74) is 0. The molecule has 0 aliphatic heterocycles. The standard InChI is InChI=1S/C28H38S3/c1-3-5-7-9-10-11-12-14-16-24-18-20-26(30-24)28-22-21-27(31-28)25-19-17-23(29-25)15-13-8-6-4-2/h3,17-22H,1,4-16H2,2H3. The molecule has 0 unspecified atom stereocenters. The minimum Gasteiger partial charge on any atom is -0.139 e. The van der Waals surface area contributed by atoms with Gasteiger partial charge in [-0.25, -0.2) is 0 Å². The fourth-order valence-electron chi connectivity index (χ4n) is 3.91. The van der Waals surface area contributed by atoms with Crippen LogP contribution in [-0.4, -0.2) is 0 Å². The maximum atomic E-state index is 3.80. The lowest BCUT2D eigenvalue weighted by Gasteiger charge is -2.00. The van der Waals surface area contributed by atoms with Crippen LogP contribution in [0, 0.1) is 0 Å². The number of rotatable bonds is 16. The molecule has 0 N–H and O–H groups in total. The molecule has 3 aromatic rings.